The second kappa shape index (κ2) is 6.45. The molecule has 4 heterocycles. The third-order valence-corrected chi connectivity index (χ3v) is 4.66. The van der Waals surface area contributed by atoms with Crippen molar-refractivity contribution in [1.29, 1.82) is 0 Å². The first-order valence-corrected chi connectivity index (χ1v) is 8.70. The van der Waals surface area contributed by atoms with Crippen molar-refractivity contribution >= 4 is 16.9 Å². The molecule has 0 atom stereocenters. The van der Waals surface area contributed by atoms with Gasteiger partial charge in [-0.1, -0.05) is 17.3 Å². The van der Waals surface area contributed by atoms with Gasteiger partial charge in [0.15, 0.2) is 17.1 Å². The van der Waals surface area contributed by atoms with Gasteiger partial charge in [-0.25, -0.2) is 9.97 Å². The van der Waals surface area contributed by atoms with Crippen LogP contribution in [0.5, 0.6) is 5.75 Å². The summed E-state index contributed by atoms with van der Waals surface area (Å²) in [6.07, 6.45) is 3.23. The van der Waals surface area contributed by atoms with Crippen molar-refractivity contribution in [3.8, 4) is 17.4 Å². The smallest absolute Gasteiger partial charge is 0.289 e. The van der Waals surface area contributed by atoms with Crippen LogP contribution < -0.4 is 4.74 Å². The number of nitrogens with zero attached hydrogens (tertiary/aromatic N) is 5. The minimum atomic E-state index is -0.180. The molecule has 0 unspecified atom stereocenters. The summed E-state index contributed by atoms with van der Waals surface area (Å²) in [5.41, 5.74) is 0.565. The van der Waals surface area contributed by atoms with Crippen LogP contribution in [0, 0.1) is 0 Å². The SMILES string of the molecule is COc1cccc2cc(C(=O)N3CC(c4nc(-c5ncccn5)no4)C3)oc12. The van der Waals surface area contributed by atoms with Gasteiger partial charge in [0, 0.05) is 30.9 Å². The maximum atomic E-state index is 12.7. The molecule has 1 aliphatic rings. The van der Waals surface area contributed by atoms with E-state index in [1.807, 2.05) is 12.1 Å². The molecule has 28 heavy (non-hydrogen) atoms. The van der Waals surface area contributed by atoms with Crippen molar-refractivity contribution in [2.45, 2.75) is 5.92 Å². The molecule has 1 aromatic carbocycles. The van der Waals surface area contributed by atoms with Gasteiger partial charge in [-0.2, -0.15) is 4.98 Å². The number of para-hydroxylation sites is 1. The van der Waals surface area contributed by atoms with E-state index in [0.717, 1.165) is 5.39 Å². The number of carbonyl (C=O) groups is 1. The highest BCUT2D eigenvalue weighted by Crippen LogP contribution is 2.32. The van der Waals surface area contributed by atoms with Crippen molar-refractivity contribution in [3.05, 3.63) is 54.4 Å². The Morgan fingerprint density at radius 3 is 2.79 bits per heavy atom. The predicted octanol–water partition coefficient (Wildman–Crippen LogP) is 2.52. The maximum Gasteiger partial charge on any atom is 0.289 e. The van der Waals surface area contributed by atoms with E-state index in [4.69, 9.17) is 13.7 Å². The Kier molecular flexibility index (Phi) is 3.78. The molecular weight excluding hydrogens is 362 g/mol. The average Bonchev–Trinajstić information content (AvgIpc) is 3.34. The van der Waals surface area contributed by atoms with Crippen LogP contribution in [0.2, 0.25) is 0 Å². The Morgan fingerprint density at radius 1 is 1.18 bits per heavy atom. The van der Waals surface area contributed by atoms with Crippen LogP contribution >= 0.6 is 0 Å². The Labute approximate surface area is 158 Å². The highest BCUT2D eigenvalue weighted by Gasteiger charge is 2.37. The van der Waals surface area contributed by atoms with E-state index in [1.54, 1.807) is 42.6 Å². The molecule has 140 valence electrons. The van der Waals surface area contributed by atoms with Gasteiger partial charge in [-0.05, 0) is 18.2 Å². The Bertz CT molecular complexity index is 1150. The number of likely N-dealkylation sites (tertiary alicyclic amines) is 1. The summed E-state index contributed by atoms with van der Waals surface area (Å²) >= 11 is 0. The molecule has 0 bridgehead atoms. The number of amides is 1. The molecule has 0 spiro atoms. The van der Waals surface area contributed by atoms with Gasteiger partial charge in [0.25, 0.3) is 5.91 Å². The number of ether oxygens (including phenoxy) is 1. The monoisotopic (exact) mass is 377 g/mol. The van der Waals surface area contributed by atoms with Gasteiger partial charge in [0.1, 0.15) is 0 Å². The molecule has 1 aliphatic heterocycles. The fourth-order valence-corrected chi connectivity index (χ4v) is 3.17. The standard InChI is InChI=1S/C19H15N5O4/c1-26-13-5-2-4-11-8-14(27-15(11)13)19(25)24-9-12(10-24)18-22-17(23-28-18)16-20-6-3-7-21-16/h2-8,12H,9-10H2,1H3. The van der Waals surface area contributed by atoms with Gasteiger partial charge in [0.05, 0.1) is 13.0 Å². The van der Waals surface area contributed by atoms with Crippen molar-refractivity contribution in [1.82, 2.24) is 25.0 Å². The molecule has 4 aromatic rings. The summed E-state index contributed by atoms with van der Waals surface area (Å²) in [5.74, 6) is 1.89. The first-order chi connectivity index (χ1) is 13.7. The van der Waals surface area contributed by atoms with Crippen LogP contribution in [-0.2, 0) is 0 Å². The molecule has 1 fully saturated rings. The molecule has 9 heteroatoms. The first-order valence-electron chi connectivity index (χ1n) is 8.70. The summed E-state index contributed by atoms with van der Waals surface area (Å²) in [5, 5.41) is 4.74. The number of methoxy groups -OCH3 is 1. The zero-order valence-electron chi connectivity index (χ0n) is 14.9. The van der Waals surface area contributed by atoms with Crippen LogP contribution in [-0.4, -0.2) is 51.1 Å². The number of benzene rings is 1. The van der Waals surface area contributed by atoms with Gasteiger partial charge in [-0.15, -0.1) is 0 Å². The lowest BCUT2D eigenvalue weighted by molar-refractivity contribution is 0.0539. The summed E-state index contributed by atoms with van der Waals surface area (Å²) in [6.45, 7) is 0.953. The van der Waals surface area contributed by atoms with Crippen LogP contribution in [0.4, 0.5) is 0 Å². The van der Waals surface area contributed by atoms with Gasteiger partial charge < -0.3 is 18.6 Å². The number of aromatic nitrogens is 4. The summed E-state index contributed by atoms with van der Waals surface area (Å²) in [6, 6.07) is 8.97. The third kappa shape index (κ3) is 2.68. The summed E-state index contributed by atoms with van der Waals surface area (Å²) in [4.78, 5) is 26.9. The molecule has 3 aromatic heterocycles. The fourth-order valence-electron chi connectivity index (χ4n) is 3.17. The highest BCUT2D eigenvalue weighted by molar-refractivity contribution is 5.97. The number of carbonyl (C=O) groups excluding carboxylic acids is 1. The van der Waals surface area contributed by atoms with Gasteiger partial charge in [-0.3, -0.25) is 4.79 Å². The Morgan fingerprint density at radius 2 is 2.00 bits per heavy atom. The molecule has 0 N–H and O–H groups in total. The molecule has 5 rings (SSSR count). The van der Waals surface area contributed by atoms with E-state index >= 15 is 0 Å². The summed E-state index contributed by atoms with van der Waals surface area (Å²) < 4.78 is 16.3. The average molecular weight is 377 g/mol. The zero-order chi connectivity index (χ0) is 19.1. The number of hydrogen-bond acceptors (Lipinski definition) is 8. The second-order valence-electron chi connectivity index (χ2n) is 6.42. The molecule has 9 nitrogen and oxygen atoms in total. The van der Waals surface area contributed by atoms with E-state index in [2.05, 4.69) is 20.1 Å². The lowest BCUT2D eigenvalue weighted by Gasteiger charge is -2.36. The Hall–Kier alpha value is -3.75. The minimum Gasteiger partial charge on any atom is -0.493 e. The van der Waals surface area contributed by atoms with E-state index in [-0.39, 0.29) is 17.6 Å². The topological polar surface area (TPSA) is 107 Å². The van der Waals surface area contributed by atoms with Crippen molar-refractivity contribution in [3.63, 3.8) is 0 Å². The molecule has 1 saturated heterocycles. The summed E-state index contributed by atoms with van der Waals surface area (Å²) in [7, 11) is 1.57. The third-order valence-electron chi connectivity index (χ3n) is 4.66. The normalized spacial score (nSPS) is 14.2. The maximum absolute atomic E-state index is 12.7. The van der Waals surface area contributed by atoms with E-state index in [1.165, 1.54) is 0 Å². The lowest BCUT2D eigenvalue weighted by atomic mass is 10.00. The van der Waals surface area contributed by atoms with Crippen LogP contribution in [0.3, 0.4) is 0 Å². The van der Waals surface area contributed by atoms with Crippen LogP contribution in [0.1, 0.15) is 22.4 Å². The van der Waals surface area contributed by atoms with E-state index in [0.29, 0.717) is 42.0 Å². The molecule has 0 saturated carbocycles. The van der Waals surface area contributed by atoms with Crippen LogP contribution in [0.25, 0.3) is 22.6 Å². The molecule has 0 aliphatic carbocycles. The van der Waals surface area contributed by atoms with Crippen molar-refractivity contribution in [2.75, 3.05) is 20.2 Å². The molecule has 0 radical (unpaired) electrons. The fraction of sp³-hybridized carbons (Fsp3) is 0.211. The number of fused-ring (bicyclic) bond motifs is 1. The van der Waals surface area contributed by atoms with E-state index < -0.39 is 0 Å². The Balaban J connectivity index is 1.29. The van der Waals surface area contributed by atoms with Crippen LogP contribution in [0.15, 0.2) is 51.7 Å². The van der Waals surface area contributed by atoms with Gasteiger partial charge in [0.2, 0.25) is 17.5 Å². The highest BCUT2D eigenvalue weighted by atomic mass is 16.5. The largest absolute Gasteiger partial charge is 0.493 e. The number of hydrogen-bond donors (Lipinski definition) is 0. The predicted molar refractivity (Wildman–Crippen MR) is 96.7 cm³/mol. The lowest BCUT2D eigenvalue weighted by Crippen LogP contribution is -2.48. The minimum absolute atomic E-state index is 0.0205. The number of rotatable bonds is 4. The molecule has 1 amide bonds. The first kappa shape index (κ1) is 16.4. The zero-order valence-corrected chi connectivity index (χ0v) is 14.9. The van der Waals surface area contributed by atoms with Gasteiger partial charge >= 0.3 is 0 Å². The second-order valence-corrected chi connectivity index (χ2v) is 6.42. The number of furan rings is 1. The van der Waals surface area contributed by atoms with Crippen molar-refractivity contribution in [2.24, 2.45) is 0 Å². The van der Waals surface area contributed by atoms with Crippen molar-refractivity contribution < 1.29 is 18.5 Å². The molecular formula is C19H15N5O4. The van der Waals surface area contributed by atoms with E-state index in [9.17, 15) is 4.79 Å². The quantitative estimate of drug-likeness (QED) is 0.534.